The van der Waals surface area contributed by atoms with Gasteiger partial charge in [-0.15, -0.1) is 0 Å². The van der Waals surface area contributed by atoms with Crippen molar-refractivity contribution >= 4 is 52.1 Å². The van der Waals surface area contributed by atoms with Gasteiger partial charge in [-0.1, -0.05) is 35.4 Å². The summed E-state index contributed by atoms with van der Waals surface area (Å²) in [6.45, 7) is 0. The van der Waals surface area contributed by atoms with E-state index in [4.69, 9.17) is 35.4 Å². The number of aromatic nitrogens is 1. The van der Waals surface area contributed by atoms with Crippen molar-refractivity contribution in [3.8, 4) is 0 Å². The lowest BCUT2D eigenvalue weighted by atomic mass is 10.3. The lowest BCUT2D eigenvalue weighted by Crippen LogP contribution is -2.33. The van der Waals surface area contributed by atoms with Gasteiger partial charge in [-0.2, -0.15) is 0 Å². The van der Waals surface area contributed by atoms with Gasteiger partial charge in [0.25, 0.3) is 0 Å². The third kappa shape index (κ3) is 3.90. The predicted molar refractivity (Wildman–Crippen MR) is 84.6 cm³/mol. The average Bonchev–Trinajstić information content (AvgIpc) is 2.44. The summed E-state index contributed by atoms with van der Waals surface area (Å²) >= 11 is 16.8. The molecule has 0 radical (unpaired) electrons. The number of hydrogen-bond donors (Lipinski definition) is 2. The van der Waals surface area contributed by atoms with Crippen LogP contribution < -0.4 is 10.6 Å². The molecule has 1 aromatic carbocycles. The number of rotatable bonds is 2. The Balaban J connectivity index is 1.99. The number of nitrogens with zero attached hydrogens (tertiary/aromatic N) is 1. The SMILES string of the molecule is O=C(NC(=S)c1cccnc1)Nc1ccc(Cl)c(Cl)c1. The molecule has 0 atom stereocenters. The van der Waals surface area contributed by atoms with Gasteiger partial charge in [-0.05, 0) is 30.3 Å². The number of benzene rings is 1. The molecule has 2 rings (SSSR count). The standard InChI is InChI=1S/C13H9Cl2N3OS/c14-10-4-3-9(6-11(10)15)17-13(19)18-12(20)8-2-1-5-16-7-8/h1-7H,(H2,17,18,19,20). The average molecular weight is 326 g/mol. The molecular formula is C13H9Cl2N3OS. The van der Waals surface area contributed by atoms with Crippen LogP contribution in [0.1, 0.15) is 5.56 Å². The van der Waals surface area contributed by atoms with Crippen LogP contribution in [0.3, 0.4) is 0 Å². The second-order valence-electron chi connectivity index (χ2n) is 3.78. The fourth-order valence-electron chi connectivity index (χ4n) is 1.41. The number of amides is 2. The molecule has 2 amide bonds. The van der Waals surface area contributed by atoms with Crippen molar-refractivity contribution in [2.45, 2.75) is 0 Å². The fourth-order valence-corrected chi connectivity index (χ4v) is 1.92. The Labute approximate surface area is 131 Å². The molecule has 0 saturated carbocycles. The molecule has 2 N–H and O–H groups in total. The van der Waals surface area contributed by atoms with Gasteiger partial charge in [0.05, 0.1) is 10.0 Å². The monoisotopic (exact) mass is 325 g/mol. The molecule has 0 aliphatic heterocycles. The molecule has 1 aromatic heterocycles. The van der Waals surface area contributed by atoms with E-state index in [0.717, 1.165) is 0 Å². The Morgan fingerprint density at radius 2 is 2.00 bits per heavy atom. The summed E-state index contributed by atoms with van der Waals surface area (Å²) < 4.78 is 0. The summed E-state index contributed by atoms with van der Waals surface area (Å²) in [7, 11) is 0. The maximum absolute atomic E-state index is 11.8. The zero-order chi connectivity index (χ0) is 14.5. The summed E-state index contributed by atoms with van der Waals surface area (Å²) in [5.41, 5.74) is 1.18. The highest BCUT2D eigenvalue weighted by Crippen LogP contribution is 2.24. The van der Waals surface area contributed by atoms with Gasteiger partial charge >= 0.3 is 6.03 Å². The number of thiocarbonyl (C=S) groups is 1. The molecular weight excluding hydrogens is 317 g/mol. The quantitative estimate of drug-likeness (QED) is 0.824. The van der Waals surface area contributed by atoms with Gasteiger partial charge in [0, 0.05) is 23.6 Å². The van der Waals surface area contributed by atoms with Crippen LogP contribution in [-0.4, -0.2) is 16.0 Å². The maximum Gasteiger partial charge on any atom is 0.324 e. The van der Waals surface area contributed by atoms with E-state index in [1.807, 2.05) is 0 Å². The van der Waals surface area contributed by atoms with Gasteiger partial charge in [-0.25, -0.2) is 4.79 Å². The zero-order valence-electron chi connectivity index (χ0n) is 10.1. The second kappa shape index (κ2) is 6.65. The number of anilines is 1. The second-order valence-corrected chi connectivity index (χ2v) is 5.00. The summed E-state index contributed by atoms with van der Waals surface area (Å²) in [5, 5.41) is 5.93. The van der Waals surface area contributed by atoms with Gasteiger partial charge in [0.15, 0.2) is 0 Å². The molecule has 2 aromatic rings. The highest BCUT2D eigenvalue weighted by molar-refractivity contribution is 7.80. The Morgan fingerprint density at radius 3 is 2.65 bits per heavy atom. The topological polar surface area (TPSA) is 54.0 Å². The van der Waals surface area contributed by atoms with E-state index in [2.05, 4.69) is 15.6 Å². The number of nitrogens with one attached hydrogen (secondary N) is 2. The molecule has 0 spiro atoms. The highest BCUT2D eigenvalue weighted by Gasteiger charge is 2.07. The van der Waals surface area contributed by atoms with Crippen molar-refractivity contribution < 1.29 is 4.79 Å². The summed E-state index contributed by atoms with van der Waals surface area (Å²) in [6.07, 6.45) is 3.20. The number of urea groups is 1. The smallest absolute Gasteiger partial charge is 0.308 e. The maximum atomic E-state index is 11.8. The number of hydrogen-bond acceptors (Lipinski definition) is 3. The van der Waals surface area contributed by atoms with Crippen LogP contribution in [0.15, 0.2) is 42.7 Å². The van der Waals surface area contributed by atoms with Crippen molar-refractivity contribution in [2.75, 3.05) is 5.32 Å². The molecule has 0 aliphatic rings. The van der Waals surface area contributed by atoms with Crippen LogP contribution in [0.4, 0.5) is 10.5 Å². The minimum absolute atomic E-state index is 0.288. The lowest BCUT2D eigenvalue weighted by molar-refractivity contribution is 0.256. The van der Waals surface area contributed by atoms with Crippen molar-refractivity contribution in [3.63, 3.8) is 0 Å². The summed E-state index contributed by atoms with van der Waals surface area (Å²) in [6, 6.07) is 7.82. The largest absolute Gasteiger partial charge is 0.324 e. The van der Waals surface area contributed by atoms with Crippen LogP contribution >= 0.6 is 35.4 Å². The van der Waals surface area contributed by atoms with E-state index < -0.39 is 6.03 Å². The van der Waals surface area contributed by atoms with Crippen LogP contribution in [0.2, 0.25) is 10.0 Å². The van der Waals surface area contributed by atoms with Crippen molar-refractivity contribution in [2.24, 2.45) is 0 Å². The minimum Gasteiger partial charge on any atom is -0.308 e. The molecule has 0 fully saturated rings. The Kier molecular flexibility index (Phi) is 4.89. The molecule has 4 nitrogen and oxygen atoms in total. The van der Waals surface area contributed by atoms with Gasteiger partial charge < -0.3 is 5.32 Å². The van der Waals surface area contributed by atoms with Crippen molar-refractivity contribution in [1.82, 2.24) is 10.3 Å². The van der Waals surface area contributed by atoms with E-state index in [1.165, 1.54) is 0 Å². The molecule has 0 aliphatic carbocycles. The van der Waals surface area contributed by atoms with E-state index in [-0.39, 0.29) is 4.99 Å². The third-order valence-electron chi connectivity index (χ3n) is 2.33. The van der Waals surface area contributed by atoms with Crippen LogP contribution in [0.25, 0.3) is 0 Å². The lowest BCUT2D eigenvalue weighted by Gasteiger charge is -2.09. The molecule has 20 heavy (non-hydrogen) atoms. The first-order chi connectivity index (χ1) is 9.56. The number of halogens is 2. The van der Waals surface area contributed by atoms with E-state index in [9.17, 15) is 4.79 Å². The van der Waals surface area contributed by atoms with Gasteiger partial charge in [0.2, 0.25) is 0 Å². The first-order valence-electron chi connectivity index (χ1n) is 5.53. The van der Waals surface area contributed by atoms with E-state index >= 15 is 0 Å². The minimum atomic E-state index is -0.461. The first kappa shape index (κ1) is 14.7. The summed E-state index contributed by atoms with van der Waals surface area (Å²) in [4.78, 5) is 16.0. The van der Waals surface area contributed by atoms with Crippen molar-refractivity contribution in [1.29, 1.82) is 0 Å². The van der Waals surface area contributed by atoms with Crippen LogP contribution in [0, 0.1) is 0 Å². The Morgan fingerprint density at radius 1 is 1.20 bits per heavy atom. The van der Waals surface area contributed by atoms with E-state index in [0.29, 0.717) is 21.3 Å². The molecule has 102 valence electrons. The molecule has 0 saturated heterocycles. The molecule has 1 heterocycles. The van der Waals surface area contributed by atoms with Crippen molar-refractivity contribution in [3.05, 3.63) is 58.3 Å². The number of carbonyl (C=O) groups is 1. The van der Waals surface area contributed by atoms with Crippen LogP contribution in [0.5, 0.6) is 0 Å². The number of carbonyl (C=O) groups excluding carboxylic acids is 1. The highest BCUT2D eigenvalue weighted by atomic mass is 35.5. The van der Waals surface area contributed by atoms with Gasteiger partial charge in [-0.3, -0.25) is 10.3 Å². The third-order valence-corrected chi connectivity index (χ3v) is 3.41. The van der Waals surface area contributed by atoms with E-state index in [1.54, 1.807) is 42.7 Å². The molecule has 0 unspecified atom stereocenters. The Bertz CT molecular complexity index is 649. The zero-order valence-corrected chi connectivity index (χ0v) is 12.4. The molecule has 7 heteroatoms. The molecule has 0 bridgehead atoms. The van der Waals surface area contributed by atoms with Crippen LogP contribution in [-0.2, 0) is 0 Å². The Hall–Kier alpha value is -1.69. The fraction of sp³-hybridized carbons (Fsp3) is 0. The summed E-state index contributed by atoms with van der Waals surface area (Å²) in [5.74, 6) is 0. The normalized spacial score (nSPS) is 9.90. The predicted octanol–water partition coefficient (Wildman–Crippen LogP) is 3.89. The first-order valence-corrected chi connectivity index (χ1v) is 6.70. The number of pyridine rings is 1. The van der Waals surface area contributed by atoms with Gasteiger partial charge in [0.1, 0.15) is 4.99 Å².